The largest absolute Gasteiger partial charge is 0.490 e. The topological polar surface area (TPSA) is 84.3 Å². The molecule has 2 bridgehead atoms. The van der Waals surface area contributed by atoms with Gasteiger partial charge in [0.05, 0.1) is 6.20 Å². The van der Waals surface area contributed by atoms with Crippen LogP contribution in [-0.4, -0.2) is 46.4 Å². The van der Waals surface area contributed by atoms with Crippen molar-refractivity contribution < 1.29 is 27.8 Å². The maximum absolute atomic E-state index is 10.6. The molecule has 0 aromatic carbocycles. The summed E-state index contributed by atoms with van der Waals surface area (Å²) >= 11 is 0. The molecule has 128 valence electrons. The lowest BCUT2D eigenvalue weighted by Crippen LogP contribution is -2.52. The van der Waals surface area contributed by atoms with Gasteiger partial charge in [0.1, 0.15) is 6.10 Å². The summed E-state index contributed by atoms with van der Waals surface area (Å²) in [6.07, 6.45) is 4.21. The van der Waals surface area contributed by atoms with Crippen LogP contribution in [0.2, 0.25) is 0 Å². The summed E-state index contributed by atoms with van der Waals surface area (Å²) < 4.78 is 37.7. The molecule has 0 radical (unpaired) electrons. The number of hydrogen-bond donors (Lipinski definition) is 2. The number of piperidine rings is 1. The third kappa shape index (κ3) is 5.05. The van der Waals surface area contributed by atoms with Crippen LogP contribution in [0.3, 0.4) is 0 Å². The van der Waals surface area contributed by atoms with E-state index in [1.807, 2.05) is 0 Å². The lowest BCUT2D eigenvalue weighted by atomic mass is 9.76. The number of ether oxygens (including phenoxy) is 1. The van der Waals surface area contributed by atoms with Gasteiger partial charge in [0.2, 0.25) is 5.88 Å². The molecule has 2 heterocycles. The van der Waals surface area contributed by atoms with E-state index < -0.39 is 12.1 Å². The second-order valence-corrected chi connectivity index (χ2v) is 5.54. The molecule has 9 heteroatoms. The molecular formula is C14H18F3N3O3. The summed E-state index contributed by atoms with van der Waals surface area (Å²) in [7, 11) is 0. The molecule has 1 saturated carbocycles. The number of nitrogens with one attached hydrogen (secondary N) is 1. The van der Waals surface area contributed by atoms with Crippen molar-refractivity contribution in [1.29, 1.82) is 0 Å². The molecule has 1 aromatic rings. The van der Waals surface area contributed by atoms with Gasteiger partial charge in [-0.3, -0.25) is 4.98 Å². The van der Waals surface area contributed by atoms with Crippen LogP contribution >= 0.6 is 0 Å². The van der Waals surface area contributed by atoms with E-state index in [0.717, 1.165) is 13.1 Å². The average molecular weight is 333 g/mol. The number of nitrogens with zero attached hydrogens (tertiary/aromatic N) is 2. The minimum absolute atomic E-state index is 0.340. The molecular weight excluding hydrogens is 315 g/mol. The lowest BCUT2D eigenvalue weighted by Gasteiger charge is -2.42. The molecule has 6 nitrogen and oxygen atoms in total. The second-order valence-electron chi connectivity index (χ2n) is 5.54. The van der Waals surface area contributed by atoms with Crippen LogP contribution in [0.5, 0.6) is 5.88 Å². The Labute approximate surface area is 131 Å². The van der Waals surface area contributed by atoms with Crippen molar-refractivity contribution in [3.8, 4) is 5.88 Å². The Morgan fingerprint density at radius 1 is 1.26 bits per heavy atom. The Balaban J connectivity index is 0.000000236. The fourth-order valence-corrected chi connectivity index (χ4v) is 2.92. The average Bonchev–Trinajstić information content (AvgIpc) is 2.47. The number of fused-ring (bicyclic) bond motifs is 2. The molecule has 1 aliphatic heterocycles. The van der Waals surface area contributed by atoms with Crippen molar-refractivity contribution in [3.05, 3.63) is 18.6 Å². The highest BCUT2D eigenvalue weighted by molar-refractivity contribution is 5.73. The van der Waals surface area contributed by atoms with Crippen molar-refractivity contribution in [2.45, 2.75) is 31.5 Å². The van der Waals surface area contributed by atoms with Crippen molar-refractivity contribution in [2.75, 3.05) is 13.1 Å². The van der Waals surface area contributed by atoms with Crippen molar-refractivity contribution in [2.24, 2.45) is 11.8 Å². The highest BCUT2D eigenvalue weighted by atomic mass is 19.4. The standard InChI is InChI=1S/C12H17N3O.C2HF3O2/c1-2-9-6-14-7-10(3-1)12(9)16-11-8-13-4-5-15-11;3-2(4,5)1(6)7/h4-5,8-10,12,14H,1-3,6-7H2;(H,6,7)/t9-,10+,12?;. The van der Waals surface area contributed by atoms with E-state index in [1.54, 1.807) is 18.6 Å². The van der Waals surface area contributed by atoms with Crippen molar-refractivity contribution in [3.63, 3.8) is 0 Å². The van der Waals surface area contributed by atoms with Gasteiger partial charge in [-0.15, -0.1) is 0 Å². The Morgan fingerprint density at radius 3 is 2.35 bits per heavy atom. The number of alkyl halides is 3. The number of carboxylic acid groups (broad SMARTS) is 1. The summed E-state index contributed by atoms with van der Waals surface area (Å²) in [6.45, 7) is 2.17. The zero-order chi connectivity index (χ0) is 16.9. The maximum atomic E-state index is 10.6. The quantitative estimate of drug-likeness (QED) is 0.860. The summed E-state index contributed by atoms with van der Waals surface area (Å²) in [6, 6.07) is 0. The number of aromatic nitrogens is 2. The first-order chi connectivity index (χ1) is 10.9. The first kappa shape index (κ1) is 17.5. The van der Waals surface area contributed by atoms with Gasteiger partial charge in [0.25, 0.3) is 0 Å². The van der Waals surface area contributed by atoms with Gasteiger partial charge in [0, 0.05) is 37.3 Å². The van der Waals surface area contributed by atoms with E-state index in [1.165, 1.54) is 19.3 Å². The fraction of sp³-hybridized carbons (Fsp3) is 0.643. The van der Waals surface area contributed by atoms with Crippen LogP contribution in [0.15, 0.2) is 18.6 Å². The van der Waals surface area contributed by atoms with E-state index in [2.05, 4.69) is 15.3 Å². The number of carboxylic acids is 1. The molecule has 1 unspecified atom stereocenters. The number of hydrogen-bond acceptors (Lipinski definition) is 5. The molecule has 3 rings (SSSR count). The molecule has 2 aliphatic rings. The van der Waals surface area contributed by atoms with E-state index in [9.17, 15) is 13.2 Å². The van der Waals surface area contributed by atoms with Crippen LogP contribution in [-0.2, 0) is 4.79 Å². The second kappa shape index (κ2) is 7.58. The monoisotopic (exact) mass is 333 g/mol. The number of halogens is 3. The Hall–Kier alpha value is -1.90. The highest BCUT2D eigenvalue weighted by Crippen LogP contribution is 2.34. The normalized spacial score (nSPS) is 26.7. The van der Waals surface area contributed by atoms with E-state index >= 15 is 0 Å². The van der Waals surface area contributed by atoms with E-state index in [0.29, 0.717) is 23.8 Å². The van der Waals surface area contributed by atoms with Crippen LogP contribution in [0.1, 0.15) is 19.3 Å². The van der Waals surface area contributed by atoms with Gasteiger partial charge in [-0.1, -0.05) is 6.42 Å². The fourth-order valence-electron chi connectivity index (χ4n) is 2.92. The zero-order valence-corrected chi connectivity index (χ0v) is 12.3. The lowest BCUT2D eigenvalue weighted by molar-refractivity contribution is -0.192. The van der Waals surface area contributed by atoms with Gasteiger partial charge >= 0.3 is 12.1 Å². The number of rotatable bonds is 2. The first-order valence-electron chi connectivity index (χ1n) is 7.31. The molecule has 0 spiro atoms. The third-order valence-corrected chi connectivity index (χ3v) is 3.93. The number of aliphatic carboxylic acids is 1. The summed E-state index contributed by atoms with van der Waals surface area (Å²) in [5.41, 5.74) is 0. The molecule has 2 N–H and O–H groups in total. The van der Waals surface area contributed by atoms with Crippen LogP contribution in [0.25, 0.3) is 0 Å². The summed E-state index contributed by atoms with van der Waals surface area (Å²) in [4.78, 5) is 17.1. The Morgan fingerprint density at radius 2 is 1.87 bits per heavy atom. The minimum atomic E-state index is -5.08. The molecule has 1 aromatic heterocycles. The zero-order valence-electron chi connectivity index (χ0n) is 12.3. The molecule has 0 amide bonds. The van der Waals surface area contributed by atoms with Gasteiger partial charge in [-0.25, -0.2) is 9.78 Å². The van der Waals surface area contributed by atoms with E-state index in [-0.39, 0.29) is 0 Å². The minimum Gasteiger partial charge on any atom is -0.475 e. The predicted molar refractivity (Wildman–Crippen MR) is 73.8 cm³/mol. The smallest absolute Gasteiger partial charge is 0.475 e. The maximum Gasteiger partial charge on any atom is 0.490 e. The van der Waals surface area contributed by atoms with Crippen molar-refractivity contribution >= 4 is 5.97 Å². The van der Waals surface area contributed by atoms with Crippen molar-refractivity contribution in [1.82, 2.24) is 15.3 Å². The Bertz CT molecular complexity index is 491. The van der Waals surface area contributed by atoms with Crippen LogP contribution in [0.4, 0.5) is 13.2 Å². The SMILES string of the molecule is O=C(O)C(F)(F)F.c1cnc(OC2[C@@H]3CCC[C@H]2CNC3)cn1. The van der Waals surface area contributed by atoms with Crippen LogP contribution < -0.4 is 10.1 Å². The van der Waals surface area contributed by atoms with Gasteiger partial charge < -0.3 is 15.2 Å². The highest BCUT2D eigenvalue weighted by Gasteiger charge is 2.38. The molecule has 1 aliphatic carbocycles. The summed E-state index contributed by atoms with van der Waals surface area (Å²) in [5.74, 6) is -0.789. The van der Waals surface area contributed by atoms with Gasteiger partial charge in [0.15, 0.2) is 0 Å². The molecule has 3 atom stereocenters. The predicted octanol–water partition coefficient (Wildman–Crippen LogP) is 1.88. The van der Waals surface area contributed by atoms with E-state index in [4.69, 9.17) is 14.6 Å². The molecule has 23 heavy (non-hydrogen) atoms. The van der Waals surface area contributed by atoms with Crippen LogP contribution in [0, 0.1) is 11.8 Å². The number of carbonyl (C=O) groups is 1. The first-order valence-corrected chi connectivity index (χ1v) is 7.31. The third-order valence-electron chi connectivity index (χ3n) is 3.93. The van der Waals surface area contributed by atoms with Gasteiger partial charge in [-0.05, 0) is 12.8 Å². The molecule has 2 fully saturated rings. The molecule has 1 saturated heterocycles. The Kier molecular flexibility index (Phi) is 5.75. The summed E-state index contributed by atoms with van der Waals surface area (Å²) in [5, 5.41) is 10.6. The van der Waals surface area contributed by atoms with Gasteiger partial charge in [-0.2, -0.15) is 13.2 Å².